The molecule has 0 saturated carbocycles. The van der Waals surface area contributed by atoms with Crippen LogP contribution in [0.1, 0.15) is 48.8 Å². The van der Waals surface area contributed by atoms with Crippen LogP contribution in [0, 0.1) is 0 Å². The zero-order valence-electron chi connectivity index (χ0n) is 31.2. The van der Waals surface area contributed by atoms with E-state index in [1.54, 1.807) is 13.2 Å². The van der Waals surface area contributed by atoms with Crippen LogP contribution in [0.4, 0.5) is 0 Å². The smallest absolute Gasteiger partial charge is 0.243 e. The number of amides is 2. The van der Waals surface area contributed by atoms with Gasteiger partial charge in [-0.25, -0.2) is 4.98 Å². The SMILES string of the molecule is CN(C(=O)[C@@H](N)CCCCN)[C@@H](Cc1c[nH]c2ccccc12)C(=O)NCc1c(-c2ccc(OC3CCNCC3)cc2)ccc(Cl)c1Sc1ncccc1CN. The van der Waals surface area contributed by atoms with Crippen molar-refractivity contribution in [3.05, 3.63) is 107 Å². The van der Waals surface area contributed by atoms with E-state index in [-0.39, 0.29) is 30.9 Å². The molecule has 55 heavy (non-hydrogen) atoms. The third kappa shape index (κ3) is 10.1. The Morgan fingerprint density at radius 3 is 2.56 bits per heavy atom. The molecule has 0 unspecified atom stereocenters. The van der Waals surface area contributed by atoms with Gasteiger partial charge in [-0.15, -0.1) is 0 Å². The van der Waals surface area contributed by atoms with Gasteiger partial charge in [0.1, 0.15) is 22.9 Å². The van der Waals surface area contributed by atoms with Gasteiger partial charge in [-0.05, 0) is 103 Å². The van der Waals surface area contributed by atoms with Crippen LogP contribution < -0.4 is 32.6 Å². The Bertz CT molecular complexity index is 2050. The first-order chi connectivity index (χ1) is 26.8. The zero-order valence-corrected chi connectivity index (χ0v) is 32.8. The molecule has 290 valence electrons. The Labute approximate surface area is 332 Å². The van der Waals surface area contributed by atoms with Gasteiger partial charge >= 0.3 is 0 Å². The van der Waals surface area contributed by atoms with Crippen molar-refractivity contribution in [2.75, 3.05) is 26.7 Å². The van der Waals surface area contributed by atoms with E-state index in [2.05, 4.69) is 20.6 Å². The van der Waals surface area contributed by atoms with Gasteiger partial charge in [0.25, 0.3) is 0 Å². The van der Waals surface area contributed by atoms with Gasteiger partial charge in [0.05, 0.1) is 11.1 Å². The van der Waals surface area contributed by atoms with Crippen molar-refractivity contribution in [1.82, 2.24) is 25.5 Å². The second-order valence-corrected chi connectivity index (χ2v) is 15.3. The molecule has 1 aliphatic heterocycles. The molecule has 2 atom stereocenters. The Balaban J connectivity index is 1.32. The van der Waals surface area contributed by atoms with Gasteiger partial charge in [-0.1, -0.05) is 72.2 Å². The van der Waals surface area contributed by atoms with Crippen molar-refractivity contribution in [1.29, 1.82) is 0 Å². The maximum absolute atomic E-state index is 14.5. The Morgan fingerprint density at radius 1 is 1.02 bits per heavy atom. The number of unbranched alkanes of at least 4 members (excludes halogenated alkanes) is 1. The van der Waals surface area contributed by atoms with Gasteiger partial charge in [0, 0.05) is 54.8 Å². The predicted octanol–water partition coefficient (Wildman–Crippen LogP) is 5.77. The second kappa shape index (κ2) is 19.4. The molecule has 0 aliphatic carbocycles. The quantitative estimate of drug-likeness (QED) is 0.0640. The third-order valence-electron chi connectivity index (χ3n) is 10.2. The topological polar surface area (TPSA) is 177 Å². The first kappa shape index (κ1) is 40.2. The highest BCUT2D eigenvalue weighted by Gasteiger charge is 2.31. The molecule has 2 amide bonds. The number of rotatable bonds is 17. The van der Waals surface area contributed by atoms with E-state index < -0.39 is 12.1 Å². The van der Waals surface area contributed by atoms with Crippen LogP contribution in [0.2, 0.25) is 5.02 Å². The second-order valence-electron chi connectivity index (χ2n) is 13.9. The van der Waals surface area contributed by atoms with E-state index in [9.17, 15) is 9.59 Å². The van der Waals surface area contributed by atoms with Crippen molar-refractivity contribution >= 4 is 46.1 Å². The Morgan fingerprint density at radius 2 is 1.80 bits per heavy atom. The van der Waals surface area contributed by atoms with Crippen LogP contribution in [-0.4, -0.2) is 71.6 Å². The maximum atomic E-state index is 14.5. The molecule has 3 heterocycles. The molecule has 0 radical (unpaired) electrons. The van der Waals surface area contributed by atoms with Crippen LogP contribution in [0.15, 0.2) is 95.1 Å². The molecule has 1 aliphatic rings. The number of nitrogens with zero attached hydrogens (tertiary/aromatic N) is 2. The van der Waals surface area contributed by atoms with E-state index in [1.807, 2.05) is 79.0 Å². The summed E-state index contributed by atoms with van der Waals surface area (Å²) in [5.41, 5.74) is 23.6. The number of nitrogens with one attached hydrogen (secondary N) is 3. The molecule has 6 rings (SSSR count). The number of para-hydroxylation sites is 1. The average Bonchev–Trinajstić information content (AvgIpc) is 3.63. The highest BCUT2D eigenvalue weighted by Crippen LogP contribution is 2.41. The molecule has 1 saturated heterocycles. The van der Waals surface area contributed by atoms with Crippen LogP contribution >= 0.6 is 23.4 Å². The number of halogens is 1. The number of aromatic amines is 1. The minimum absolute atomic E-state index is 0.129. The molecule has 0 bridgehead atoms. The molecular formula is C42H51ClN8O3S. The van der Waals surface area contributed by atoms with Crippen LogP contribution in [0.5, 0.6) is 5.75 Å². The summed E-state index contributed by atoms with van der Waals surface area (Å²) in [5, 5.41) is 8.81. The number of ether oxygens (including phenoxy) is 1. The molecule has 13 heteroatoms. The fourth-order valence-corrected chi connectivity index (χ4v) is 8.35. The van der Waals surface area contributed by atoms with Crippen molar-refractivity contribution < 1.29 is 14.3 Å². The van der Waals surface area contributed by atoms with E-state index in [4.69, 9.17) is 33.5 Å². The maximum Gasteiger partial charge on any atom is 0.243 e. The molecule has 5 aromatic rings. The number of fused-ring (bicyclic) bond motifs is 1. The predicted molar refractivity (Wildman–Crippen MR) is 221 cm³/mol. The third-order valence-corrected chi connectivity index (χ3v) is 11.8. The Hall–Kier alpha value is -4.43. The van der Waals surface area contributed by atoms with E-state index in [0.29, 0.717) is 24.5 Å². The lowest BCUT2D eigenvalue weighted by Gasteiger charge is -2.30. The minimum atomic E-state index is -0.850. The standard InChI is InChI=1S/C42H51ClN8O3S/c1-51(42(53)36(46)9-4-5-19-44)38(23-29-25-49-37-10-3-2-8-33(29)37)40(52)50-26-34-32(27-11-13-30(14-12-27)54-31-17-21-47-22-18-31)15-16-35(43)39(34)55-41-28(24-45)7-6-20-48-41/h2-3,6-8,10-16,20,25,31,36,38,47,49H,4-5,9,17-19,21-24,26,44-46H2,1H3,(H,50,52)/t36-,38-/m0/s1. The van der Waals surface area contributed by atoms with Gasteiger partial charge in [-0.3, -0.25) is 9.59 Å². The number of hydrogen-bond acceptors (Lipinski definition) is 9. The van der Waals surface area contributed by atoms with Crippen molar-refractivity contribution in [3.63, 3.8) is 0 Å². The molecule has 1 fully saturated rings. The van der Waals surface area contributed by atoms with Gasteiger partial charge in [0.2, 0.25) is 11.8 Å². The number of piperidine rings is 1. The molecule has 11 nitrogen and oxygen atoms in total. The van der Waals surface area contributed by atoms with Crippen LogP contribution in [0.25, 0.3) is 22.0 Å². The number of aromatic nitrogens is 2. The monoisotopic (exact) mass is 782 g/mol. The van der Waals surface area contributed by atoms with Gasteiger partial charge in [-0.2, -0.15) is 0 Å². The number of benzene rings is 3. The number of hydrogen-bond donors (Lipinski definition) is 6. The summed E-state index contributed by atoms with van der Waals surface area (Å²) in [6, 6.07) is 22.0. The lowest BCUT2D eigenvalue weighted by Crippen LogP contribution is -2.53. The fourth-order valence-electron chi connectivity index (χ4n) is 7.00. The summed E-state index contributed by atoms with van der Waals surface area (Å²) in [7, 11) is 1.65. The number of likely N-dealkylation sites (N-methyl/N-ethyl adjacent to an activating group) is 1. The lowest BCUT2D eigenvalue weighted by atomic mass is 9.98. The fraction of sp³-hybridized carbons (Fsp3) is 0.357. The summed E-state index contributed by atoms with van der Waals surface area (Å²) < 4.78 is 6.29. The van der Waals surface area contributed by atoms with Gasteiger partial charge < -0.3 is 42.5 Å². The highest BCUT2D eigenvalue weighted by molar-refractivity contribution is 7.99. The van der Waals surface area contributed by atoms with Crippen LogP contribution in [0.3, 0.4) is 0 Å². The summed E-state index contributed by atoms with van der Waals surface area (Å²) in [6.45, 7) is 2.85. The summed E-state index contributed by atoms with van der Waals surface area (Å²) in [4.78, 5) is 38.4. The lowest BCUT2D eigenvalue weighted by molar-refractivity contribution is -0.140. The normalized spacial score (nSPS) is 14.4. The first-order valence-corrected chi connectivity index (χ1v) is 20.1. The minimum Gasteiger partial charge on any atom is -0.490 e. The highest BCUT2D eigenvalue weighted by atomic mass is 35.5. The summed E-state index contributed by atoms with van der Waals surface area (Å²) >= 11 is 8.40. The largest absolute Gasteiger partial charge is 0.490 e. The number of nitrogens with two attached hydrogens (primary N) is 3. The van der Waals surface area contributed by atoms with Crippen molar-refractivity contribution in [3.8, 4) is 16.9 Å². The van der Waals surface area contributed by atoms with E-state index in [1.165, 1.54) is 16.7 Å². The first-order valence-electron chi connectivity index (χ1n) is 18.9. The van der Waals surface area contributed by atoms with E-state index in [0.717, 1.165) is 93.2 Å². The average molecular weight is 783 g/mol. The van der Waals surface area contributed by atoms with Crippen LogP contribution in [-0.2, 0) is 29.1 Å². The molecule has 2 aromatic heterocycles. The molecular weight excluding hydrogens is 732 g/mol. The number of pyridine rings is 1. The molecule has 9 N–H and O–H groups in total. The number of carbonyl (C=O) groups excluding carboxylic acids is 2. The summed E-state index contributed by atoms with van der Waals surface area (Å²) in [5.74, 6) is 0.195. The zero-order chi connectivity index (χ0) is 38.7. The molecule has 0 spiro atoms. The van der Waals surface area contributed by atoms with E-state index >= 15 is 0 Å². The molecule has 3 aromatic carbocycles. The van der Waals surface area contributed by atoms with Crippen molar-refractivity contribution in [2.24, 2.45) is 17.2 Å². The summed E-state index contributed by atoms with van der Waals surface area (Å²) in [6.07, 6.45) is 7.98. The number of H-pyrrole nitrogens is 1. The number of carbonyl (C=O) groups is 2. The Kier molecular flexibility index (Phi) is 14.2. The van der Waals surface area contributed by atoms with Gasteiger partial charge in [0.15, 0.2) is 0 Å². The van der Waals surface area contributed by atoms with Crippen molar-refractivity contribution in [2.45, 2.75) is 79.7 Å².